The fourth-order valence-corrected chi connectivity index (χ4v) is 3.08. The highest BCUT2D eigenvalue weighted by atomic mass is 16.2. The molecule has 1 aliphatic rings. The quantitative estimate of drug-likeness (QED) is 0.870. The lowest BCUT2D eigenvalue weighted by atomic mass is 10.1. The van der Waals surface area contributed by atoms with Crippen molar-refractivity contribution in [2.45, 2.75) is 27.2 Å². The number of pyridine rings is 2. The van der Waals surface area contributed by atoms with Crippen LogP contribution in [0.1, 0.15) is 34.0 Å². The minimum atomic E-state index is 0.0465. The molecule has 2 aromatic heterocycles. The van der Waals surface area contributed by atoms with E-state index in [0.717, 1.165) is 30.9 Å². The van der Waals surface area contributed by atoms with Gasteiger partial charge in [0.15, 0.2) is 0 Å². The van der Waals surface area contributed by atoms with E-state index in [1.807, 2.05) is 24.1 Å². The van der Waals surface area contributed by atoms with Crippen LogP contribution in [0.3, 0.4) is 0 Å². The molecule has 1 amide bonds. The normalized spacial score (nSPS) is 14.8. The zero-order valence-electron chi connectivity index (χ0n) is 14.5. The van der Waals surface area contributed by atoms with E-state index in [0.29, 0.717) is 18.7 Å². The zero-order chi connectivity index (χ0) is 17.1. The third-order valence-corrected chi connectivity index (χ3v) is 4.45. The van der Waals surface area contributed by atoms with E-state index in [1.54, 1.807) is 6.20 Å². The Bertz CT molecular complexity index is 736. The number of piperazine rings is 1. The number of carbonyl (C=O) groups is 1. The lowest BCUT2D eigenvalue weighted by Crippen LogP contribution is -2.49. The summed E-state index contributed by atoms with van der Waals surface area (Å²) in [5.74, 6) is 1.08. The summed E-state index contributed by atoms with van der Waals surface area (Å²) in [5, 5.41) is 0. The molecule has 0 bridgehead atoms. The maximum atomic E-state index is 12.6. The van der Waals surface area contributed by atoms with Gasteiger partial charge in [0.2, 0.25) is 0 Å². The number of rotatable bonds is 3. The average molecular weight is 323 g/mol. The molecule has 1 fully saturated rings. The van der Waals surface area contributed by atoms with Crippen LogP contribution in [-0.4, -0.2) is 47.0 Å². The highest BCUT2D eigenvalue weighted by Crippen LogP contribution is 2.20. The zero-order valence-corrected chi connectivity index (χ0v) is 14.5. The van der Waals surface area contributed by atoms with Gasteiger partial charge in [-0.25, -0.2) is 4.98 Å². The average Bonchev–Trinajstić information content (AvgIpc) is 2.61. The molecule has 1 aliphatic heterocycles. The van der Waals surface area contributed by atoms with Crippen LogP contribution < -0.4 is 4.90 Å². The number of amides is 1. The van der Waals surface area contributed by atoms with Gasteiger partial charge in [-0.15, -0.1) is 0 Å². The maximum absolute atomic E-state index is 12.6. The summed E-state index contributed by atoms with van der Waals surface area (Å²) in [6, 6.07) is 4.05. The molecule has 5 nitrogen and oxygen atoms in total. The molecule has 1 saturated heterocycles. The Morgan fingerprint density at radius 1 is 1.17 bits per heavy atom. The molecule has 2 aromatic rings. The van der Waals surface area contributed by atoms with Gasteiger partial charge in [-0.1, -0.05) is 13.0 Å². The third-order valence-electron chi connectivity index (χ3n) is 4.45. The van der Waals surface area contributed by atoms with E-state index in [1.165, 1.54) is 11.1 Å². The first kappa shape index (κ1) is 16.4. The predicted octanol–water partition coefficient (Wildman–Crippen LogP) is 2.42. The first-order valence-electron chi connectivity index (χ1n) is 8.42. The lowest BCUT2D eigenvalue weighted by Gasteiger charge is -2.36. The van der Waals surface area contributed by atoms with E-state index in [2.05, 4.69) is 41.0 Å². The molecule has 0 atom stereocenters. The Hall–Kier alpha value is -2.43. The van der Waals surface area contributed by atoms with E-state index >= 15 is 0 Å². The molecular weight excluding hydrogens is 300 g/mol. The summed E-state index contributed by atoms with van der Waals surface area (Å²) in [7, 11) is 0. The standard InChI is InChI=1S/C19H23N4O/c1-4-16-10-15(3)18(21-12-16)22-5-7-23(8-6-22)19(24)17-9-14(2)11-20-13-17/h9-10,12-13H,4-8H2,1-3H3. The first-order chi connectivity index (χ1) is 11.6. The van der Waals surface area contributed by atoms with E-state index in [9.17, 15) is 4.79 Å². The molecular formula is C19H23N4O. The van der Waals surface area contributed by atoms with Crippen LogP contribution in [0.15, 0.2) is 24.5 Å². The number of hydrogen-bond acceptors (Lipinski definition) is 4. The van der Waals surface area contributed by atoms with Gasteiger partial charge in [0.1, 0.15) is 5.82 Å². The van der Waals surface area contributed by atoms with Gasteiger partial charge in [-0.2, -0.15) is 0 Å². The minimum Gasteiger partial charge on any atom is -0.353 e. The smallest absolute Gasteiger partial charge is 0.255 e. The molecule has 3 rings (SSSR count). The van der Waals surface area contributed by atoms with Gasteiger partial charge in [0, 0.05) is 38.6 Å². The molecule has 125 valence electrons. The first-order valence-corrected chi connectivity index (χ1v) is 8.42. The summed E-state index contributed by atoms with van der Waals surface area (Å²) in [5.41, 5.74) is 3.98. The van der Waals surface area contributed by atoms with Gasteiger partial charge in [-0.05, 0) is 43.0 Å². The van der Waals surface area contributed by atoms with E-state index < -0.39 is 0 Å². The highest BCUT2D eigenvalue weighted by Gasteiger charge is 2.23. The molecule has 0 aliphatic carbocycles. The van der Waals surface area contributed by atoms with Gasteiger partial charge in [0.05, 0.1) is 11.8 Å². The number of hydrogen-bond donors (Lipinski definition) is 0. The monoisotopic (exact) mass is 323 g/mol. The largest absolute Gasteiger partial charge is 0.353 e. The Balaban J connectivity index is 1.66. The third kappa shape index (κ3) is 3.40. The number of nitrogens with zero attached hydrogens (tertiary/aromatic N) is 4. The Morgan fingerprint density at radius 3 is 2.54 bits per heavy atom. The van der Waals surface area contributed by atoms with Crippen LogP contribution in [0, 0.1) is 20.0 Å². The molecule has 0 saturated carbocycles. The Morgan fingerprint density at radius 2 is 1.92 bits per heavy atom. The molecule has 3 heterocycles. The number of aryl methyl sites for hydroxylation is 3. The second-order valence-corrected chi connectivity index (χ2v) is 6.27. The molecule has 0 N–H and O–H groups in total. The van der Waals surface area contributed by atoms with E-state index in [4.69, 9.17) is 0 Å². The summed E-state index contributed by atoms with van der Waals surface area (Å²) in [6.45, 7) is 9.15. The maximum Gasteiger partial charge on any atom is 0.255 e. The van der Waals surface area contributed by atoms with Crippen molar-refractivity contribution < 1.29 is 4.79 Å². The van der Waals surface area contributed by atoms with Crippen molar-refractivity contribution in [2.75, 3.05) is 31.1 Å². The van der Waals surface area contributed by atoms with Crippen molar-refractivity contribution in [3.8, 4) is 0 Å². The van der Waals surface area contributed by atoms with Crippen LogP contribution in [0.4, 0.5) is 5.82 Å². The van der Waals surface area contributed by atoms with Crippen molar-refractivity contribution in [3.63, 3.8) is 0 Å². The summed E-state index contributed by atoms with van der Waals surface area (Å²) < 4.78 is 0. The molecule has 1 radical (unpaired) electrons. The lowest BCUT2D eigenvalue weighted by molar-refractivity contribution is 0.0746. The van der Waals surface area contributed by atoms with Crippen LogP contribution in [0.25, 0.3) is 0 Å². The van der Waals surface area contributed by atoms with Crippen LogP contribution in [0.2, 0.25) is 0 Å². The second kappa shape index (κ2) is 6.99. The van der Waals surface area contributed by atoms with Gasteiger partial charge in [0.25, 0.3) is 5.91 Å². The van der Waals surface area contributed by atoms with Crippen molar-refractivity contribution in [3.05, 3.63) is 53.0 Å². The van der Waals surface area contributed by atoms with Crippen molar-refractivity contribution in [2.24, 2.45) is 0 Å². The fourth-order valence-electron chi connectivity index (χ4n) is 3.08. The SMILES string of the molecule is CCc1cnc(N2CCN(C(=O)c3cn[c]c(C)c3)CC2)c(C)c1. The highest BCUT2D eigenvalue weighted by molar-refractivity contribution is 5.94. The summed E-state index contributed by atoms with van der Waals surface area (Å²) >= 11 is 0. The Kier molecular flexibility index (Phi) is 4.79. The topological polar surface area (TPSA) is 49.3 Å². The van der Waals surface area contributed by atoms with Gasteiger partial charge < -0.3 is 9.80 Å². The number of carbonyl (C=O) groups excluding carboxylic acids is 1. The molecule has 0 aromatic carbocycles. The predicted molar refractivity (Wildman–Crippen MR) is 94.3 cm³/mol. The van der Waals surface area contributed by atoms with Crippen molar-refractivity contribution in [1.82, 2.24) is 14.9 Å². The molecule has 24 heavy (non-hydrogen) atoms. The Labute approximate surface area is 143 Å². The summed E-state index contributed by atoms with van der Waals surface area (Å²) in [4.78, 5) is 25.4. The number of aromatic nitrogens is 2. The van der Waals surface area contributed by atoms with Crippen LogP contribution in [-0.2, 0) is 6.42 Å². The van der Waals surface area contributed by atoms with E-state index in [-0.39, 0.29) is 5.91 Å². The minimum absolute atomic E-state index is 0.0465. The summed E-state index contributed by atoms with van der Waals surface area (Å²) in [6.07, 6.45) is 7.38. The molecule has 5 heteroatoms. The van der Waals surface area contributed by atoms with Crippen molar-refractivity contribution in [1.29, 1.82) is 0 Å². The van der Waals surface area contributed by atoms with Gasteiger partial charge in [-0.3, -0.25) is 9.78 Å². The molecule has 0 spiro atoms. The van der Waals surface area contributed by atoms with Crippen molar-refractivity contribution >= 4 is 11.7 Å². The van der Waals surface area contributed by atoms with Crippen LogP contribution in [0.5, 0.6) is 0 Å². The van der Waals surface area contributed by atoms with Gasteiger partial charge >= 0.3 is 0 Å². The second-order valence-electron chi connectivity index (χ2n) is 6.27. The molecule has 0 unspecified atom stereocenters. The van der Waals surface area contributed by atoms with Crippen LogP contribution >= 0.6 is 0 Å². The fraction of sp³-hybridized carbons (Fsp3) is 0.421. The number of anilines is 1.